The molecule has 0 saturated heterocycles. The van der Waals surface area contributed by atoms with Crippen molar-refractivity contribution in [3.05, 3.63) is 63.0 Å². The van der Waals surface area contributed by atoms with Crippen LogP contribution in [0.3, 0.4) is 0 Å². The molecule has 0 atom stereocenters. The van der Waals surface area contributed by atoms with Crippen LogP contribution < -0.4 is 4.90 Å². The van der Waals surface area contributed by atoms with Crippen molar-refractivity contribution >= 4 is 43.4 Å². The van der Waals surface area contributed by atoms with Crippen LogP contribution in [-0.4, -0.2) is 36.9 Å². The van der Waals surface area contributed by atoms with E-state index in [1.165, 1.54) is 29.9 Å². The SMILES string of the molecule is CCCCN1CCN=C1CN(Cc1ccccc1)c1ccc(Br)cc1Br. The standard InChI is InChI=1S/C21H25Br2N3/c1-2-3-12-25-13-11-24-21(25)16-26(15-17-7-5-4-6-8-17)20-10-9-18(22)14-19(20)23/h4-10,14H,2-3,11-13,15-16H2,1H3. The second-order valence-corrected chi connectivity index (χ2v) is 8.35. The summed E-state index contributed by atoms with van der Waals surface area (Å²) in [5.41, 5.74) is 2.50. The Morgan fingerprint density at radius 2 is 1.88 bits per heavy atom. The summed E-state index contributed by atoms with van der Waals surface area (Å²) in [6, 6.07) is 17.0. The Labute approximate surface area is 173 Å². The maximum atomic E-state index is 4.80. The van der Waals surface area contributed by atoms with Gasteiger partial charge in [0.25, 0.3) is 0 Å². The first-order valence-electron chi connectivity index (χ1n) is 9.19. The van der Waals surface area contributed by atoms with E-state index in [9.17, 15) is 0 Å². The summed E-state index contributed by atoms with van der Waals surface area (Å²) in [6.07, 6.45) is 2.44. The van der Waals surface area contributed by atoms with Crippen molar-refractivity contribution in [1.82, 2.24) is 4.90 Å². The zero-order valence-corrected chi connectivity index (χ0v) is 18.3. The highest BCUT2D eigenvalue weighted by Gasteiger charge is 2.21. The van der Waals surface area contributed by atoms with Gasteiger partial charge in [0.05, 0.1) is 18.8 Å². The van der Waals surface area contributed by atoms with Crippen LogP contribution in [0.5, 0.6) is 0 Å². The van der Waals surface area contributed by atoms with Crippen LogP contribution >= 0.6 is 31.9 Å². The Bertz CT molecular complexity index is 746. The predicted octanol–water partition coefficient (Wildman–Crippen LogP) is 5.73. The molecule has 0 N–H and O–H groups in total. The molecule has 2 aromatic carbocycles. The van der Waals surface area contributed by atoms with Crippen molar-refractivity contribution in [1.29, 1.82) is 0 Å². The van der Waals surface area contributed by atoms with Gasteiger partial charge in [0.2, 0.25) is 0 Å². The molecule has 0 radical (unpaired) electrons. The minimum atomic E-state index is 0.832. The van der Waals surface area contributed by atoms with Gasteiger partial charge >= 0.3 is 0 Å². The summed E-state index contributed by atoms with van der Waals surface area (Å²) < 4.78 is 2.18. The average molecular weight is 479 g/mol. The maximum absolute atomic E-state index is 4.80. The lowest BCUT2D eigenvalue weighted by atomic mass is 10.2. The molecule has 26 heavy (non-hydrogen) atoms. The number of benzene rings is 2. The Kier molecular flexibility index (Phi) is 7.15. The first-order chi connectivity index (χ1) is 12.7. The quantitative estimate of drug-likeness (QED) is 0.482. The van der Waals surface area contributed by atoms with E-state index in [2.05, 4.69) is 97.1 Å². The summed E-state index contributed by atoms with van der Waals surface area (Å²) >= 11 is 7.30. The molecule has 0 unspecified atom stereocenters. The van der Waals surface area contributed by atoms with E-state index in [1.54, 1.807) is 0 Å². The molecule has 5 heteroatoms. The van der Waals surface area contributed by atoms with Gasteiger partial charge < -0.3 is 9.80 Å². The van der Waals surface area contributed by atoms with Gasteiger partial charge in [-0.2, -0.15) is 0 Å². The number of nitrogens with zero attached hydrogens (tertiary/aromatic N) is 3. The zero-order chi connectivity index (χ0) is 18.4. The molecule has 0 amide bonds. The van der Waals surface area contributed by atoms with Crippen molar-refractivity contribution in [3.63, 3.8) is 0 Å². The van der Waals surface area contributed by atoms with Crippen molar-refractivity contribution in [2.75, 3.05) is 31.1 Å². The Hall–Kier alpha value is -1.33. The Morgan fingerprint density at radius 3 is 2.62 bits per heavy atom. The molecule has 0 spiro atoms. The summed E-state index contributed by atoms with van der Waals surface area (Å²) in [4.78, 5) is 9.66. The van der Waals surface area contributed by atoms with Gasteiger partial charge in [0, 0.05) is 28.6 Å². The first kappa shape index (κ1) is 19.4. The number of hydrogen-bond donors (Lipinski definition) is 0. The fraction of sp³-hybridized carbons (Fsp3) is 0.381. The van der Waals surface area contributed by atoms with Gasteiger partial charge in [0.15, 0.2) is 0 Å². The highest BCUT2D eigenvalue weighted by molar-refractivity contribution is 9.11. The highest BCUT2D eigenvalue weighted by Crippen LogP contribution is 2.30. The molecule has 1 heterocycles. The molecule has 0 saturated carbocycles. The van der Waals surface area contributed by atoms with Crippen LogP contribution in [0.15, 0.2) is 62.5 Å². The van der Waals surface area contributed by atoms with Crippen LogP contribution in [-0.2, 0) is 6.54 Å². The van der Waals surface area contributed by atoms with Crippen molar-refractivity contribution in [2.24, 2.45) is 4.99 Å². The van der Waals surface area contributed by atoms with Crippen LogP contribution in [0, 0.1) is 0 Å². The highest BCUT2D eigenvalue weighted by atomic mass is 79.9. The third kappa shape index (κ3) is 5.10. The number of anilines is 1. The van der Waals surface area contributed by atoms with E-state index in [1.807, 2.05) is 0 Å². The summed E-state index contributed by atoms with van der Waals surface area (Å²) in [5, 5.41) is 0. The van der Waals surface area contributed by atoms with Crippen LogP contribution in [0.4, 0.5) is 5.69 Å². The average Bonchev–Trinajstić information content (AvgIpc) is 3.07. The molecular weight excluding hydrogens is 454 g/mol. The fourth-order valence-electron chi connectivity index (χ4n) is 3.21. The van der Waals surface area contributed by atoms with Crippen molar-refractivity contribution in [3.8, 4) is 0 Å². The summed E-state index contributed by atoms with van der Waals surface area (Å²) in [7, 11) is 0. The normalized spacial score (nSPS) is 13.8. The first-order valence-corrected chi connectivity index (χ1v) is 10.8. The molecule has 3 nitrogen and oxygen atoms in total. The van der Waals surface area contributed by atoms with E-state index in [0.29, 0.717) is 0 Å². The van der Waals surface area contributed by atoms with Crippen LogP contribution in [0.2, 0.25) is 0 Å². The van der Waals surface area contributed by atoms with Gasteiger partial charge in [-0.15, -0.1) is 0 Å². The van der Waals surface area contributed by atoms with Gasteiger partial charge in [-0.25, -0.2) is 0 Å². The topological polar surface area (TPSA) is 18.8 Å². The monoisotopic (exact) mass is 477 g/mol. The lowest BCUT2D eigenvalue weighted by Crippen LogP contribution is -2.38. The number of halogens is 2. The third-order valence-corrected chi connectivity index (χ3v) is 5.74. The van der Waals surface area contributed by atoms with Gasteiger partial charge in [-0.3, -0.25) is 4.99 Å². The number of aliphatic imine (C=N–C) groups is 1. The van der Waals surface area contributed by atoms with Gasteiger partial charge in [0.1, 0.15) is 5.84 Å². The molecule has 1 aliphatic heterocycles. The smallest absolute Gasteiger partial charge is 0.119 e. The lowest BCUT2D eigenvalue weighted by Gasteiger charge is -2.29. The number of amidine groups is 1. The molecular formula is C21H25Br2N3. The maximum Gasteiger partial charge on any atom is 0.119 e. The molecule has 0 bridgehead atoms. The largest absolute Gasteiger partial charge is 0.359 e. The number of hydrogen-bond acceptors (Lipinski definition) is 3. The third-order valence-electron chi connectivity index (χ3n) is 4.61. The number of unbranched alkanes of at least 4 members (excludes halogenated alkanes) is 1. The van der Waals surface area contributed by atoms with Gasteiger partial charge in [-0.05, 0) is 46.1 Å². The van der Waals surface area contributed by atoms with E-state index < -0.39 is 0 Å². The minimum Gasteiger partial charge on any atom is -0.359 e. The van der Waals surface area contributed by atoms with Crippen LogP contribution in [0.1, 0.15) is 25.3 Å². The van der Waals surface area contributed by atoms with Crippen molar-refractivity contribution < 1.29 is 0 Å². The molecule has 0 fully saturated rings. The fourth-order valence-corrected chi connectivity index (χ4v) is 4.50. The molecule has 3 rings (SSSR count). The second-order valence-electron chi connectivity index (χ2n) is 6.58. The molecule has 0 aromatic heterocycles. The van der Waals surface area contributed by atoms with E-state index in [0.717, 1.165) is 41.7 Å². The lowest BCUT2D eigenvalue weighted by molar-refractivity contribution is 0.437. The summed E-state index contributed by atoms with van der Waals surface area (Å²) in [6.45, 7) is 7.01. The predicted molar refractivity (Wildman–Crippen MR) is 118 cm³/mol. The molecule has 0 aliphatic carbocycles. The molecule has 138 valence electrons. The summed E-state index contributed by atoms with van der Waals surface area (Å²) in [5.74, 6) is 1.21. The zero-order valence-electron chi connectivity index (χ0n) is 15.2. The van der Waals surface area contributed by atoms with Crippen LogP contribution in [0.25, 0.3) is 0 Å². The second kappa shape index (κ2) is 9.56. The minimum absolute atomic E-state index is 0.832. The van der Waals surface area contributed by atoms with Gasteiger partial charge in [-0.1, -0.05) is 59.6 Å². The van der Waals surface area contributed by atoms with Crippen molar-refractivity contribution in [2.45, 2.75) is 26.3 Å². The number of rotatable bonds is 8. The molecule has 2 aromatic rings. The van der Waals surface area contributed by atoms with E-state index in [4.69, 9.17) is 4.99 Å². The molecule has 1 aliphatic rings. The van der Waals surface area contributed by atoms with E-state index in [-0.39, 0.29) is 0 Å². The van der Waals surface area contributed by atoms with E-state index >= 15 is 0 Å². The Balaban J connectivity index is 1.83. The Morgan fingerprint density at radius 1 is 1.08 bits per heavy atom.